The van der Waals surface area contributed by atoms with Crippen molar-refractivity contribution in [1.82, 2.24) is 14.9 Å². The van der Waals surface area contributed by atoms with Gasteiger partial charge >= 0.3 is 0 Å². The Labute approximate surface area is 159 Å². The van der Waals surface area contributed by atoms with E-state index in [1.165, 1.54) is 0 Å². The molecular weight excluding hydrogens is 338 g/mol. The first-order chi connectivity index (χ1) is 13.3. The van der Waals surface area contributed by atoms with Crippen LogP contribution in [0.4, 0.5) is 5.69 Å². The lowest BCUT2D eigenvalue weighted by Crippen LogP contribution is -2.44. The highest BCUT2D eigenvalue weighted by molar-refractivity contribution is 5.81. The van der Waals surface area contributed by atoms with Gasteiger partial charge in [0.15, 0.2) is 0 Å². The molecule has 4 rings (SSSR count). The van der Waals surface area contributed by atoms with Gasteiger partial charge in [-0.2, -0.15) is 5.26 Å². The number of anilines is 1. The Hall–Kier alpha value is -2.94. The average Bonchev–Trinajstić information content (AvgIpc) is 3.23. The van der Waals surface area contributed by atoms with Crippen molar-refractivity contribution in [3.05, 3.63) is 42.9 Å². The number of carbonyl (C=O) groups is 1. The largest absolute Gasteiger partial charge is 0.370 e. The molecule has 0 aromatic carbocycles. The lowest BCUT2D eigenvalue weighted by Gasteiger charge is -2.35. The van der Waals surface area contributed by atoms with Crippen molar-refractivity contribution in [2.45, 2.75) is 31.7 Å². The third-order valence-electron chi connectivity index (χ3n) is 5.61. The van der Waals surface area contributed by atoms with E-state index < -0.39 is 0 Å². The monoisotopic (exact) mass is 361 g/mol. The number of hydrogen-bond acceptors (Lipinski definition) is 5. The fourth-order valence-electron chi connectivity index (χ4n) is 4.14. The number of hydrogen-bond donors (Lipinski definition) is 0. The van der Waals surface area contributed by atoms with Crippen LogP contribution in [0.25, 0.3) is 11.3 Å². The third kappa shape index (κ3) is 3.50. The molecule has 0 saturated carbocycles. The molecular formula is C21H23N5O. The SMILES string of the molecule is N#C[C@H]1CCCN1C(=O)C1CCN(c2cnccc2-c2ccccn2)CC1. The second kappa shape index (κ2) is 7.75. The first-order valence-corrected chi connectivity index (χ1v) is 9.58. The van der Waals surface area contributed by atoms with Gasteiger partial charge in [-0.05, 0) is 43.9 Å². The molecule has 1 atom stereocenters. The molecule has 2 fully saturated rings. The number of piperidine rings is 1. The number of aromatic nitrogens is 2. The second-order valence-corrected chi connectivity index (χ2v) is 7.19. The van der Waals surface area contributed by atoms with Crippen molar-refractivity contribution in [3.8, 4) is 17.3 Å². The quantitative estimate of drug-likeness (QED) is 0.840. The molecule has 6 nitrogen and oxygen atoms in total. The summed E-state index contributed by atoms with van der Waals surface area (Å²) in [6, 6.07) is 9.94. The van der Waals surface area contributed by atoms with Gasteiger partial charge in [0.25, 0.3) is 0 Å². The molecule has 0 spiro atoms. The van der Waals surface area contributed by atoms with Crippen LogP contribution in [0.15, 0.2) is 42.9 Å². The Balaban J connectivity index is 1.46. The van der Waals surface area contributed by atoms with Crippen molar-refractivity contribution >= 4 is 11.6 Å². The molecule has 0 unspecified atom stereocenters. The van der Waals surface area contributed by atoms with Gasteiger partial charge in [-0.3, -0.25) is 14.8 Å². The Kier molecular flexibility index (Phi) is 5.01. The van der Waals surface area contributed by atoms with E-state index in [9.17, 15) is 10.1 Å². The first-order valence-electron chi connectivity index (χ1n) is 9.58. The fraction of sp³-hybridized carbons (Fsp3) is 0.429. The van der Waals surface area contributed by atoms with Crippen LogP contribution in [0.1, 0.15) is 25.7 Å². The van der Waals surface area contributed by atoms with Gasteiger partial charge in [0, 0.05) is 43.5 Å². The van der Waals surface area contributed by atoms with Gasteiger partial charge < -0.3 is 9.80 Å². The van der Waals surface area contributed by atoms with E-state index in [-0.39, 0.29) is 17.9 Å². The molecule has 0 radical (unpaired) electrons. The van der Waals surface area contributed by atoms with E-state index in [1.54, 1.807) is 17.3 Å². The van der Waals surface area contributed by atoms with E-state index in [0.29, 0.717) is 0 Å². The Morgan fingerprint density at radius 1 is 1.11 bits per heavy atom. The van der Waals surface area contributed by atoms with E-state index in [0.717, 1.165) is 62.3 Å². The van der Waals surface area contributed by atoms with Gasteiger partial charge in [0.05, 0.1) is 23.6 Å². The number of nitrogens with zero attached hydrogens (tertiary/aromatic N) is 5. The molecule has 138 valence electrons. The van der Waals surface area contributed by atoms with Gasteiger partial charge in [-0.25, -0.2) is 0 Å². The van der Waals surface area contributed by atoms with Crippen molar-refractivity contribution in [3.63, 3.8) is 0 Å². The third-order valence-corrected chi connectivity index (χ3v) is 5.61. The van der Waals surface area contributed by atoms with Crippen molar-refractivity contribution in [2.75, 3.05) is 24.5 Å². The summed E-state index contributed by atoms with van der Waals surface area (Å²) < 4.78 is 0. The predicted molar refractivity (Wildman–Crippen MR) is 103 cm³/mol. The van der Waals surface area contributed by atoms with Crippen LogP contribution in [0, 0.1) is 17.2 Å². The summed E-state index contributed by atoms with van der Waals surface area (Å²) >= 11 is 0. The van der Waals surface area contributed by atoms with Crippen molar-refractivity contribution < 1.29 is 4.79 Å². The highest BCUT2D eigenvalue weighted by Gasteiger charge is 2.35. The lowest BCUT2D eigenvalue weighted by atomic mass is 9.94. The van der Waals surface area contributed by atoms with Crippen LogP contribution in [-0.2, 0) is 4.79 Å². The second-order valence-electron chi connectivity index (χ2n) is 7.19. The molecule has 2 saturated heterocycles. The Morgan fingerprint density at radius 2 is 1.96 bits per heavy atom. The minimum Gasteiger partial charge on any atom is -0.370 e. The Bertz CT molecular complexity index is 839. The first kappa shape index (κ1) is 17.5. The summed E-state index contributed by atoms with van der Waals surface area (Å²) in [4.78, 5) is 25.7. The van der Waals surface area contributed by atoms with Gasteiger partial charge in [-0.1, -0.05) is 6.07 Å². The fourth-order valence-corrected chi connectivity index (χ4v) is 4.14. The van der Waals surface area contributed by atoms with E-state index in [1.807, 2.05) is 30.5 Å². The van der Waals surface area contributed by atoms with E-state index in [2.05, 4.69) is 20.9 Å². The molecule has 6 heteroatoms. The highest BCUT2D eigenvalue weighted by Crippen LogP contribution is 2.32. The van der Waals surface area contributed by atoms with Gasteiger partial charge in [-0.15, -0.1) is 0 Å². The number of pyridine rings is 2. The zero-order valence-corrected chi connectivity index (χ0v) is 15.3. The van der Waals surface area contributed by atoms with Gasteiger partial charge in [0.1, 0.15) is 6.04 Å². The van der Waals surface area contributed by atoms with Crippen LogP contribution in [-0.4, -0.2) is 46.5 Å². The van der Waals surface area contributed by atoms with Crippen LogP contribution in [0.5, 0.6) is 0 Å². The summed E-state index contributed by atoms with van der Waals surface area (Å²) in [7, 11) is 0. The number of rotatable bonds is 3. The molecule has 2 aromatic rings. The zero-order chi connectivity index (χ0) is 18.6. The molecule has 0 N–H and O–H groups in total. The maximum Gasteiger partial charge on any atom is 0.226 e. The van der Waals surface area contributed by atoms with Crippen LogP contribution < -0.4 is 4.90 Å². The van der Waals surface area contributed by atoms with E-state index in [4.69, 9.17) is 0 Å². The molecule has 2 aliphatic heterocycles. The highest BCUT2D eigenvalue weighted by atomic mass is 16.2. The molecule has 27 heavy (non-hydrogen) atoms. The number of nitriles is 1. The lowest BCUT2D eigenvalue weighted by molar-refractivity contribution is -0.136. The molecule has 1 amide bonds. The average molecular weight is 361 g/mol. The molecule has 4 heterocycles. The summed E-state index contributed by atoms with van der Waals surface area (Å²) in [5.41, 5.74) is 3.07. The van der Waals surface area contributed by atoms with Crippen LogP contribution in [0.3, 0.4) is 0 Å². The van der Waals surface area contributed by atoms with Crippen LogP contribution >= 0.6 is 0 Å². The topological polar surface area (TPSA) is 73.1 Å². The molecule has 0 bridgehead atoms. The molecule has 2 aliphatic rings. The maximum atomic E-state index is 12.8. The summed E-state index contributed by atoms with van der Waals surface area (Å²) in [6.45, 7) is 2.35. The molecule has 2 aromatic heterocycles. The van der Waals surface area contributed by atoms with Crippen LogP contribution in [0.2, 0.25) is 0 Å². The summed E-state index contributed by atoms with van der Waals surface area (Å²) in [5.74, 6) is 0.181. The minimum atomic E-state index is -0.232. The Morgan fingerprint density at radius 3 is 2.70 bits per heavy atom. The number of amides is 1. The zero-order valence-electron chi connectivity index (χ0n) is 15.3. The summed E-state index contributed by atoms with van der Waals surface area (Å²) in [6.07, 6.45) is 8.84. The van der Waals surface area contributed by atoms with Gasteiger partial charge in [0.2, 0.25) is 5.91 Å². The number of carbonyl (C=O) groups excluding carboxylic acids is 1. The van der Waals surface area contributed by atoms with Crippen molar-refractivity contribution in [1.29, 1.82) is 5.26 Å². The molecule has 0 aliphatic carbocycles. The summed E-state index contributed by atoms with van der Waals surface area (Å²) in [5, 5.41) is 9.25. The number of likely N-dealkylation sites (tertiary alicyclic amines) is 1. The maximum absolute atomic E-state index is 12.8. The van der Waals surface area contributed by atoms with Crippen molar-refractivity contribution in [2.24, 2.45) is 5.92 Å². The van der Waals surface area contributed by atoms with E-state index >= 15 is 0 Å². The minimum absolute atomic E-state index is 0.0187. The predicted octanol–water partition coefficient (Wildman–Crippen LogP) is 2.87. The smallest absolute Gasteiger partial charge is 0.226 e. The standard InChI is InChI=1S/C21H23N5O/c22-14-17-4-3-11-26(17)21(27)16-7-12-25(13-8-16)20-15-23-10-6-18(20)19-5-1-2-9-24-19/h1-2,5-6,9-10,15-17H,3-4,7-8,11-13H2/t17-/m1/s1. The normalized spacial score (nSPS) is 20.5.